The normalized spacial score (nSPS) is 16.1. The van der Waals surface area contributed by atoms with Crippen LogP contribution >= 0.6 is 0 Å². The number of hydrogen-bond donors (Lipinski definition) is 0. The Morgan fingerprint density at radius 2 is 1.92 bits per heavy atom. The Labute approximate surface area is 141 Å². The number of hydrogen-bond acceptors (Lipinski definition) is 7. The van der Waals surface area contributed by atoms with Gasteiger partial charge in [0, 0.05) is 19.0 Å². The van der Waals surface area contributed by atoms with E-state index in [-0.39, 0.29) is 24.5 Å². The van der Waals surface area contributed by atoms with Gasteiger partial charge in [0.05, 0.1) is 6.61 Å². The van der Waals surface area contributed by atoms with Gasteiger partial charge < -0.3 is 14.4 Å². The van der Waals surface area contributed by atoms with Crippen molar-refractivity contribution in [2.45, 2.75) is 58.6 Å². The maximum Gasteiger partial charge on any atom is 0.410 e. The second-order valence-electron chi connectivity index (χ2n) is 6.72. The van der Waals surface area contributed by atoms with Crippen LogP contribution in [0.25, 0.3) is 0 Å². The number of carbonyl (C=O) groups excluding carboxylic acids is 2. The van der Waals surface area contributed by atoms with E-state index in [2.05, 4.69) is 15.4 Å². The molecule has 0 aromatic carbocycles. The standard InChI is InChI=1S/C15H25N5O4/c1-5-23-12(21)10-20-17-13(16-18-20)11-6-8-19(9-7-11)14(22)24-15(2,3)4/h11H,5-10H2,1-4H3. The fraction of sp³-hybridized carbons (Fsp3) is 0.800. The smallest absolute Gasteiger partial charge is 0.410 e. The minimum atomic E-state index is -0.495. The van der Waals surface area contributed by atoms with Crippen molar-refractivity contribution in [3.8, 4) is 0 Å². The van der Waals surface area contributed by atoms with E-state index in [9.17, 15) is 9.59 Å². The molecule has 1 aromatic rings. The number of tetrazole rings is 1. The Kier molecular flexibility index (Phi) is 5.74. The van der Waals surface area contributed by atoms with Crippen LogP contribution in [-0.4, -0.2) is 62.5 Å². The first kappa shape index (κ1) is 18.2. The highest BCUT2D eigenvalue weighted by atomic mass is 16.6. The molecule has 0 bridgehead atoms. The van der Waals surface area contributed by atoms with Crippen LogP contribution in [0.3, 0.4) is 0 Å². The number of aromatic nitrogens is 4. The number of rotatable bonds is 4. The summed E-state index contributed by atoms with van der Waals surface area (Å²) in [4.78, 5) is 26.4. The van der Waals surface area contributed by atoms with E-state index >= 15 is 0 Å². The second kappa shape index (κ2) is 7.59. The number of piperidine rings is 1. The summed E-state index contributed by atoms with van der Waals surface area (Å²) in [5.74, 6) is 0.337. The molecule has 1 aliphatic rings. The van der Waals surface area contributed by atoms with Gasteiger partial charge in [0.25, 0.3) is 0 Å². The molecule has 2 rings (SSSR count). The predicted molar refractivity (Wildman–Crippen MR) is 84.2 cm³/mol. The van der Waals surface area contributed by atoms with Gasteiger partial charge in [0.2, 0.25) is 0 Å². The van der Waals surface area contributed by atoms with Crippen LogP contribution in [0.15, 0.2) is 0 Å². The lowest BCUT2D eigenvalue weighted by molar-refractivity contribution is -0.144. The highest BCUT2D eigenvalue weighted by molar-refractivity contribution is 5.69. The monoisotopic (exact) mass is 339 g/mol. The van der Waals surface area contributed by atoms with Gasteiger partial charge in [-0.3, -0.25) is 0 Å². The van der Waals surface area contributed by atoms with Gasteiger partial charge >= 0.3 is 12.1 Å². The zero-order valence-corrected chi connectivity index (χ0v) is 14.7. The van der Waals surface area contributed by atoms with Crippen molar-refractivity contribution >= 4 is 12.1 Å². The van der Waals surface area contributed by atoms with Gasteiger partial charge in [-0.15, -0.1) is 10.2 Å². The van der Waals surface area contributed by atoms with Crippen LogP contribution in [0.4, 0.5) is 4.79 Å². The van der Waals surface area contributed by atoms with Gasteiger partial charge in [-0.1, -0.05) is 0 Å². The lowest BCUT2D eigenvalue weighted by Crippen LogP contribution is -2.41. The summed E-state index contributed by atoms with van der Waals surface area (Å²) >= 11 is 0. The average Bonchev–Trinajstić information content (AvgIpc) is 2.94. The molecule has 1 aromatic heterocycles. The zero-order valence-electron chi connectivity index (χ0n) is 14.7. The molecule has 1 fully saturated rings. The minimum absolute atomic E-state index is 0.0441. The SMILES string of the molecule is CCOC(=O)Cn1nnc(C2CCN(C(=O)OC(C)(C)C)CC2)n1. The molecule has 0 N–H and O–H groups in total. The zero-order chi connectivity index (χ0) is 17.7. The lowest BCUT2D eigenvalue weighted by atomic mass is 9.96. The van der Waals surface area contributed by atoms with Crippen molar-refractivity contribution in [3.63, 3.8) is 0 Å². The average molecular weight is 339 g/mol. The van der Waals surface area contributed by atoms with Crippen LogP contribution < -0.4 is 0 Å². The highest BCUT2D eigenvalue weighted by Gasteiger charge is 2.29. The lowest BCUT2D eigenvalue weighted by Gasteiger charge is -2.32. The Hall–Kier alpha value is -2.19. The van der Waals surface area contributed by atoms with Crippen LogP contribution in [0.2, 0.25) is 0 Å². The number of likely N-dealkylation sites (tertiary alicyclic amines) is 1. The topological polar surface area (TPSA) is 99.4 Å². The van der Waals surface area contributed by atoms with E-state index in [1.807, 2.05) is 20.8 Å². The molecule has 0 saturated carbocycles. The van der Waals surface area contributed by atoms with Crippen LogP contribution in [0, 0.1) is 0 Å². The molecule has 0 radical (unpaired) electrons. The van der Waals surface area contributed by atoms with Crippen molar-refractivity contribution in [1.82, 2.24) is 25.1 Å². The molecular formula is C15H25N5O4. The van der Waals surface area contributed by atoms with Gasteiger partial charge in [0.15, 0.2) is 12.4 Å². The van der Waals surface area contributed by atoms with E-state index in [4.69, 9.17) is 9.47 Å². The predicted octanol–water partition coefficient (Wildman–Crippen LogP) is 1.35. The third kappa shape index (κ3) is 5.17. The molecule has 24 heavy (non-hydrogen) atoms. The molecule has 0 aliphatic carbocycles. The van der Waals surface area contributed by atoms with E-state index in [1.165, 1.54) is 4.80 Å². The molecule has 2 heterocycles. The van der Waals surface area contributed by atoms with Gasteiger partial charge in [-0.25, -0.2) is 9.59 Å². The van der Waals surface area contributed by atoms with Gasteiger partial charge in [0.1, 0.15) is 5.60 Å². The molecule has 1 amide bonds. The third-order valence-electron chi connectivity index (χ3n) is 3.56. The fourth-order valence-corrected chi connectivity index (χ4v) is 2.45. The first-order valence-corrected chi connectivity index (χ1v) is 8.19. The van der Waals surface area contributed by atoms with Gasteiger partial charge in [-0.05, 0) is 45.7 Å². The highest BCUT2D eigenvalue weighted by Crippen LogP contribution is 2.26. The van der Waals surface area contributed by atoms with E-state index in [1.54, 1.807) is 11.8 Å². The third-order valence-corrected chi connectivity index (χ3v) is 3.56. The van der Waals surface area contributed by atoms with Crippen molar-refractivity contribution in [2.75, 3.05) is 19.7 Å². The first-order chi connectivity index (χ1) is 11.3. The molecule has 9 nitrogen and oxygen atoms in total. The van der Waals surface area contributed by atoms with Crippen molar-refractivity contribution < 1.29 is 19.1 Å². The summed E-state index contributed by atoms with van der Waals surface area (Å²) in [7, 11) is 0. The number of ether oxygens (including phenoxy) is 2. The van der Waals surface area contributed by atoms with Crippen LogP contribution in [0.1, 0.15) is 52.3 Å². The molecule has 1 saturated heterocycles. The number of amides is 1. The molecule has 9 heteroatoms. The van der Waals surface area contributed by atoms with E-state index in [0.717, 1.165) is 12.8 Å². The molecule has 0 atom stereocenters. The Bertz CT molecular complexity index is 573. The van der Waals surface area contributed by atoms with Crippen molar-refractivity contribution in [3.05, 3.63) is 5.82 Å². The fourth-order valence-electron chi connectivity index (χ4n) is 2.45. The second-order valence-corrected chi connectivity index (χ2v) is 6.72. The number of esters is 1. The summed E-state index contributed by atoms with van der Waals surface area (Å²) in [6, 6.07) is 0. The summed E-state index contributed by atoms with van der Waals surface area (Å²) in [6.07, 6.45) is 1.19. The Morgan fingerprint density at radius 3 is 2.50 bits per heavy atom. The quantitative estimate of drug-likeness (QED) is 0.763. The Balaban J connectivity index is 1.85. The Morgan fingerprint density at radius 1 is 1.25 bits per heavy atom. The maximum atomic E-state index is 12.0. The van der Waals surface area contributed by atoms with Crippen LogP contribution in [0.5, 0.6) is 0 Å². The summed E-state index contributed by atoms with van der Waals surface area (Å²) in [6.45, 7) is 8.76. The molecule has 134 valence electrons. The minimum Gasteiger partial charge on any atom is -0.465 e. The number of nitrogens with zero attached hydrogens (tertiary/aromatic N) is 5. The largest absolute Gasteiger partial charge is 0.465 e. The first-order valence-electron chi connectivity index (χ1n) is 8.19. The van der Waals surface area contributed by atoms with E-state index < -0.39 is 5.60 Å². The number of carbonyl (C=O) groups is 2. The van der Waals surface area contributed by atoms with Crippen molar-refractivity contribution in [1.29, 1.82) is 0 Å². The summed E-state index contributed by atoms with van der Waals surface area (Å²) < 4.78 is 10.2. The molecule has 0 unspecified atom stereocenters. The molecule has 1 aliphatic heterocycles. The summed E-state index contributed by atoms with van der Waals surface area (Å²) in [5.41, 5.74) is -0.495. The van der Waals surface area contributed by atoms with Gasteiger partial charge in [-0.2, -0.15) is 4.80 Å². The maximum absolute atomic E-state index is 12.0. The van der Waals surface area contributed by atoms with Crippen molar-refractivity contribution in [2.24, 2.45) is 0 Å². The van der Waals surface area contributed by atoms with Crippen LogP contribution in [-0.2, 0) is 20.8 Å². The molecular weight excluding hydrogens is 314 g/mol. The molecule has 0 spiro atoms. The summed E-state index contributed by atoms with van der Waals surface area (Å²) in [5, 5.41) is 12.2. The van der Waals surface area contributed by atoms with E-state index in [0.29, 0.717) is 25.5 Å².